The fourth-order valence-electron chi connectivity index (χ4n) is 1.66. The second-order valence-electron chi connectivity index (χ2n) is 5.31. The zero-order valence-corrected chi connectivity index (χ0v) is 13.5. The Morgan fingerprint density at radius 3 is 2.38 bits per heavy atom. The number of rotatable bonds is 7. The molecule has 0 bridgehead atoms. The van der Waals surface area contributed by atoms with E-state index in [9.17, 15) is 18.5 Å². The molecule has 1 aromatic carbocycles. The Bertz CT molecular complexity index is 626. The van der Waals surface area contributed by atoms with Crippen LogP contribution in [0, 0.1) is 10.1 Å². The Labute approximate surface area is 124 Å². The zero-order chi connectivity index (χ0) is 16.3. The SMILES string of the molecule is CCNc1ccc(S(=O)(=O)NC(C)(C)CC)cc1[N+](=O)[O-]. The summed E-state index contributed by atoms with van der Waals surface area (Å²) in [4.78, 5) is 10.4. The minimum Gasteiger partial charge on any atom is -0.380 e. The summed E-state index contributed by atoms with van der Waals surface area (Å²) in [7, 11) is -3.80. The predicted octanol–water partition coefficient (Wildman–Crippen LogP) is 2.49. The van der Waals surface area contributed by atoms with Crippen molar-refractivity contribution in [3.63, 3.8) is 0 Å². The van der Waals surface area contributed by atoms with E-state index in [1.54, 1.807) is 20.8 Å². The Hall–Kier alpha value is -1.67. The first kappa shape index (κ1) is 17.4. The minimum absolute atomic E-state index is 0.114. The molecule has 0 saturated carbocycles. The molecule has 1 rings (SSSR count). The van der Waals surface area contributed by atoms with Gasteiger partial charge in [-0.3, -0.25) is 10.1 Å². The van der Waals surface area contributed by atoms with Gasteiger partial charge in [-0.2, -0.15) is 0 Å². The molecule has 7 nitrogen and oxygen atoms in total. The highest BCUT2D eigenvalue weighted by Crippen LogP contribution is 2.28. The first-order valence-electron chi connectivity index (χ1n) is 6.69. The molecule has 0 heterocycles. The Kier molecular flexibility index (Phi) is 5.30. The lowest BCUT2D eigenvalue weighted by molar-refractivity contribution is -0.384. The molecule has 0 aliphatic heterocycles. The molecule has 0 saturated heterocycles. The van der Waals surface area contributed by atoms with E-state index in [0.717, 1.165) is 6.07 Å². The second-order valence-corrected chi connectivity index (χ2v) is 6.99. The van der Waals surface area contributed by atoms with Gasteiger partial charge in [-0.15, -0.1) is 0 Å². The molecule has 0 spiro atoms. The molecule has 0 fully saturated rings. The van der Waals surface area contributed by atoms with Gasteiger partial charge in [0.2, 0.25) is 10.0 Å². The molecule has 0 aliphatic rings. The van der Waals surface area contributed by atoms with Gasteiger partial charge in [0, 0.05) is 18.2 Å². The van der Waals surface area contributed by atoms with Gasteiger partial charge in [-0.25, -0.2) is 13.1 Å². The van der Waals surface area contributed by atoms with Gasteiger partial charge in [-0.05, 0) is 39.3 Å². The number of nitrogens with one attached hydrogen (secondary N) is 2. The van der Waals surface area contributed by atoms with Crippen molar-refractivity contribution >= 4 is 21.4 Å². The van der Waals surface area contributed by atoms with Crippen molar-refractivity contribution in [1.29, 1.82) is 0 Å². The molecule has 0 aromatic heterocycles. The molecule has 118 valence electrons. The molecular formula is C13H21N3O4S. The van der Waals surface area contributed by atoms with E-state index in [-0.39, 0.29) is 10.6 Å². The highest BCUT2D eigenvalue weighted by molar-refractivity contribution is 7.89. The average Bonchev–Trinajstić information content (AvgIpc) is 2.38. The summed E-state index contributed by atoms with van der Waals surface area (Å²) in [6.07, 6.45) is 0.601. The number of hydrogen-bond donors (Lipinski definition) is 2. The normalized spacial score (nSPS) is 12.2. The van der Waals surface area contributed by atoms with Gasteiger partial charge >= 0.3 is 0 Å². The number of hydrogen-bond acceptors (Lipinski definition) is 5. The molecule has 0 aliphatic carbocycles. The summed E-state index contributed by atoms with van der Waals surface area (Å²) in [5.74, 6) is 0. The molecule has 0 unspecified atom stereocenters. The summed E-state index contributed by atoms with van der Waals surface area (Å²) in [5, 5.41) is 13.9. The van der Waals surface area contributed by atoms with Gasteiger partial charge < -0.3 is 5.32 Å². The van der Waals surface area contributed by atoms with E-state index in [0.29, 0.717) is 18.7 Å². The second kappa shape index (κ2) is 6.40. The summed E-state index contributed by atoms with van der Waals surface area (Å²) >= 11 is 0. The van der Waals surface area contributed by atoms with Crippen molar-refractivity contribution in [2.75, 3.05) is 11.9 Å². The number of benzene rings is 1. The highest BCUT2D eigenvalue weighted by Gasteiger charge is 2.26. The number of nitro groups is 1. The van der Waals surface area contributed by atoms with Crippen molar-refractivity contribution < 1.29 is 13.3 Å². The van der Waals surface area contributed by atoms with Crippen molar-refractivity contribution in [2.24, 2.45) is 0 Å². The highest BCUT2D eigenvalue weighted by atomic mass is 32.2. The van der Waals surface area contributed by atoms with Crippen LogP contribution in [0.1, 0.15) is 34.1 Å². The monoisotopic (exact) mass is 315 g/mol. The van der Waals surface area contributed by atoms with Crippen LogP contribution in [-0.4, -0.2) is 25.4 Å². The van der Waals surface area contributed by atoms with Gasteiger partial charge in [-0.1, -0.05) is 6.92 Å². The van der Waals surface area contributed by atoms with E-state index in [2.05, 4.69) is 10.0 Å². The largest absolute Gasteiger partial charge is 0.380 e. The lowest BCUT2D eigenvalue weighted by atomic mass is 10.0. The van der Waals surface area contributed by atoms with Crippen LogP contribution < -0.4 is 10.0 Å². The topological polar surface area (TPSA) is 101 Å². The first-order valence-corrected chi connectivity index (χ1v) is 8.17. The molecule has 0 atom stereocenters. The Morgan fingerprint density at radius 2 is 1.90 bits per heavy atom. The number of nitrogens with zero attached hydrogens (tertiary/aromatic N) is 1. The fourth-order valence-corrected chi connectivity index (χ4v) is 3.17. The van der Waals surface area contributed by atoms with Crippen molar-refractivity contribution in [3.05, 3.63) is 28.3 Å². The molecule has 0 radical (unpaired) electrons. The van der Waals surface area contributed by atoms with E-state index in [1.807, 2.05) is 6.92 Å². The maximum atomic E-state index is 12.3. The van der Waals surface area contributed by atoms with E-state index in [1.165, 1.54) is 12.1 Å². The maximum Gasteiger partial charge on any atom is 0.293 e. The quantitative estimate of drug-likeness (QED) is 0.594. The van der Waals surface area contributed by atoms with Crippen LogP contribution in [-0.2, 0) is 10.0 Å². The summed E-state index contributed by atoms with van der Waals surface area (Å²) < 4.78 is 27.1. The lowest BCUT2D eigenvalue weighted by Gasteiger charge is -2.24. The zero-order valence-electron chi connectivity index (χ0n) is 12.6. The Balaban J connectivity index is 3.26. The van der Waals surface area contributed by atoms with E-state index in [4.69, 9.17) is 0 Å². The Morgan fingerprint density at radius 1 is 1.29 bits per heavy atom. The van der Waals surface area contributed by atoms with Crippen LogP contribution in [0.2, 0.25) is 0 Å². The van der Waals surface area contributed by atoms with Crippen LogP contribution in [0.4, 0.5) is 11.4 Å². The van der Waals surface area contributed by atoms with Crippen molar-refractivity contribution in [2.45, 2.75) is 44.6 Å². The van der Waals surface area contributed by atoms with Gasteiger partial charge in [0.05, 0.1) is 9.82 Å². The summed E-state index contributed by atoms with van der Waals surface area (Å²) in [6.45, 7) is 7.69. The van der Waals surface area contributed by atoms with E-state index < -0.39 is 20.5 Å². The van der Waals surface area contributed by atoms with Crippen molar-refractivity contribution in [1.82, 2.24) is 4.72 Å². The smallest absolute Gasteiger partial charge is 0.293 e. The van der Waals surface area contributed by atoms with Crippen LogP contribution in [0.3, 0.4) is 0 Å². The molecular weight excluding hydrogens is 294 g/mol. The van der Waals surface area contributed by atoms with Crippen LogP contribution >= 0.6 is 0 Å². The molecule has 8 heteroatoms. The number of sulfonamides is 1. The number of nitro benzene ring substituents is 1. The lowest BCUT2D eigenvalue weighted by Crippen LogP contribution is -2.42. The fraction of sp³-hybridized carbons (Fsp3) is 0.538. The predicted molar refractivity (Wildman–Crippen MR) is 82.0 cm³/mol. The van der Waals surface area contributed by atoms with Gasteiger partial charge in [0.15, 0.2) is 0 Å². The van der Waals surface area contributed by atoms with Gasteiger partial charge in [0.25, 0.3) is 5.69 Å². The van der Waals surface area contributed by atoms with Gasteiger partial charge in [0.1, 0.15) is 5.69 Å². The number of anilines is 1. The molecule has 21 heavy (non-hydrogen) atoms. The third-order valence-electron chi connectivity index (χ3n) is 3.14. The third-order valence-corrected chi connectivity index (χ3v) is 4.83. The van der Waals surface area contributed by atoms with Crippen LogP contribution in [0.25, 0.3) is 0 Å². The molecule has 2 N–H and O–H groups in total. The first-order chi connectivity index (χ1) is 9.63. The molecule has 0 amide bonds. The van der Waals surface area contributed by atoms with Crippen LogP contribution in [0.5, 0.6) is 0 Å². The third kappa shape index (κ3) is 4.40. The summed E-state index contributed by atoms with van der Waals surface area (Å²) in [5.41, 5.74) is -0.571. The van der Waals surface area contributed by atoms with Crippen molar-refractivity contribution in [3.8, 4) is 0 Å². The van der Waals surface area contributed by atoms with E-state index >= 15 is 0 Å². The summed E-state index contributed by atoms with van der Waals surface area (Å²) in [6, 6.07) is 3.85. The van der Waals surface area contributed by atoms with Crippen LogP contribution in [0.15, 0.2) is 23.1 Å². The average molecular weight is 315 g/mol. The maximum absolute atomic E-state index is 12.3. The molecule has 1 aromatic rings. The minimum atomic E-state index is -3.80. The standard InChI is InChI=1S/C13H21N3O4S/c1-5-13(3,4)15-21(19,20)10-7-8-11(14-6-2)12(9-10)16(17)18/h7-9,14-15H,5-6H2,1-4H3.